The molecule has 2 aromatic heterocycles. The van der Waals surface area contributed by atoms with E-state index in [2.05, 4.69) is 15.4 Å². The van der Waals surface area contributed by atoms with Gasteiger partial charge in [-0.3, -0.25) is 10.00 Å². The summed E-state index contributed by atoms with van der Waals surface area (Å²) in [5.41, 5.74) is 0.932. The van der Waals surface area contributed by atoms with Crippen LogP contribution in [0.15, 0.2) is 17.8 Å². The van der Waals surface area contributed by atoms with Gasteiger partial charge < -0.3 is 0 Å². The average Bonchev–Trinajstić information content (AvgIpc) is 3.07. The van der Waals surface area contributed by atoms with Gasteiger partial charge in [-0.2, -0.15) is 5.10 Å². The van der Waals surface area contributed by atoms with E-state index in [9.17, 15) is 0 Å². The summed E-state index contributed by atoms with van der Waals surface area (Å²) in [7, 11) is 1.89. The highest BCUT2D eigenvalue weighted by Crippen LogP contribution is 2.39. The number of aromatic nitrogens is 3. The fourth-order valence-corrected chi connectivity index (χ4v) is 3.90. The van der Waals surface area contributed by atoms with E-state index >= 15 is 0 Å². The Labute approximate surface area is 121 Å². The summed E-state index contributed by atoms with van der Waals surface area (Å²) in [6.45, 7) is 0.694. The molecular formula is C13H17ClN4S. The highest BCUT2D eigenvalue weighted by atomic mass is 35.5. The lowest BCUT2D eigenvalue weighted by Gasteiger charge is -2.28. The number of rotatable bonds is 4. The molecule has 6 heteroatoms. The molecule has 4 nitrogen and oxygen atoms in total. The number of nitrogens with zero attached hydrogens (tertiary/aromatic N) is 3. The first kappa shape index (κ1) is 13.1. The van der Waals surface area contributed by atoms with Crippen LogP contribution in [0.1, 0.15) is 36.4 Å². The number of hydrogen-bond donors (Lipinski definition) is 1. The summed E-state index contributed by atoms with van der Waals surface area (Å²) in [6, 6.07) is 0. The van der Waals surface area contributed by atoms with Gasteiger partial charge in [0.2, 0.25) is 0 Å². The normalized spacial score (nSPS) is 18.0. The third-order valence-corrected chi connectivity index (χ3v) is 5.04. The van der Waals surface area contributed by atoms with Crippen molar-refractivity contribution in [2.45, 2.75) is 37.8 Å². The minimum absolute atomic E-state index is 0.0228. The maximum absolute atomic E-state index is 6.16. The van der Waals surface area contributed by atoms with E-state index in [1.54, 1.807) is 16.0 Å². The van der Waals surface area contributed by atoms with Crippen LogP contribution in [0.5, 0.6) is 0 Å². The second-order valence-electron chi connectivity index (χ2n) is 5.08. The molecule has 0 atom stereocenters. The lowest BCUT2D eigenvalue weighted by Crippen LogP contribution is -2.39. The minimum Gasteiger partial charge on any atom is -0.300 e. The molecule has 1 N–H and O–H groups in total. The molecule has 0 unspecified atom stereocenters. The summed E-state index contributed by atoms with van der Waals surface area (Å²) in [5.74, 6) is 0. The average molecular weight is 297 g/mol. The number of hydrogen-bond acceptors (Lipinski definition) is 4. The maximum atomic E-state index is 6.16. The number of nitrogens with one attached hydrogen (secondary N) is 1. The Hall–Kier alpha value is -0.910. The Bertz CT molecular complexity index is 543. The van der Waals surface area contributed by atoms with Gasteiger partial charge in [-0.25, -0.2) is 4.98 Å². The van der Waals surface area contributed by atoms with Crippen LogP contribution in [0.2, 0.25) is 5.02 Å². The van der Waals surface area contributed by atoms with Crippen molar-refractivity contribution in [2.24, 2.45) is 7.05 Å². The van der Waals surface area contributed by atoms with Gasteiger partial charge in [-0.1, -0.05) is 24.4 Å². The first-order chi connectivity index (χ1) is 9.20. The van der Waals surface area contributed by atoms with Crippen molar-refractivity contribution in [3.05, 3.63) is 33.5 Å². The molecule has 19 heavy (non-hydrogen) atoms. The molecule has 0 aliphatic heterocycles. The largest absolute Gasteiger partial charge is 0.300 e. The van der Waals surface area contributed by atoms with E-state index < -0.39 is 0 Å². The molecule has 1 fully saturated rings. The topological polar surface area (TPSA) is 42.7 Å². The molecule has 0 amide bonds. The molecular weight excluding hydrogens is 280 g/mol. The highest BCUT2D eigenvalue weighted by molar-refractivity contribution is 7.09. The maximum Gasteiger partial charge on any atom is 0.113 e. The quantitative estimate of drug-likeness (QED) is 0.943. The van der Waals surface area contributed by atoms with Crippen LogP contribution in [0, 0.1) is 0 Å². The molecule has 3 rings (SSSR count). The second-order valence-corrected chi connectivity index (χ2v) is 6.38. The van der Waals surface area contributed by atoms with E-state index in [1.165, 1.54) is 17.8 Å². The first-order valence-corrected chi connectivity index (χ1v) is 7.78. The summed E-state index contributed by atoms with van der Waals surface area (Å²) in [5, 5.41) is 12.0. The summed E-state index contributed by atoms with van der Waals surface area (Å²) in [4.78, 5) is 4.51. The van der Waals surface area contributed by atoms with Gasteiger partial charge in [0, 0.05) is 31.4 Å². The molecule has 0 radical (unpaired) electrons. The Morgan fingerprint density at radius 2 is 2.26 bits per heavy atom. The molecule has 2 heterocycles. The summed E-state index contributed by atoms with van der Waals surface area (Å²) >= 11 is 7.90. The van der Waals surface area contributed by atoms with Crippen molar-refractivity contribution < 1.29 is 0 Å². The van der Waals surface area contributed by atoms with Crippen LogP contribution in [-0.2, 0) is 19.1 Å². The second kappa shape index (κ2) is 5.23. The summed E-state index contributed by atoms with van der Waals surface area (Å²) in [6.07, 6.45) is 8.51. The van der Waals surface area contributed by atoms with E-state index in [0.717, 1.165) is 23.6 Å². The smallest absolute Gasteiger partial charge is 0.113 e. The predicted molar refractivity (Wildman–Crippen MR) is 77.3 cm³/mol. The Balaban J connectivity index is 1.78. The van der Waals surface area contributed by atoms with Gasteiger partial charge in [0.25, 0.3) is 0 Å². The Morgan fingerprint density at radius 1 is 1.47 bits per heavy atom. The van der Waals surface area contributed by atoms with Crippen molar-refractivity contribution in [3.63, 3.8) is 0 Å². The Morgan fingerprint density at radius 3 is 2.84 bits per heavy atom. The third-order valence-electron chi connectivity index (χ3n) is 3.75. The van der Waals surface area contributed by atoms with Gasteiger partial charge in [-0.15, -0.1) is 11.3 Å². The lowest BCUT2D eigenvalue weighted by atomic mass is 9.98. The fourth-order valence-electron chi connectivity index (χ4n) is 2.78. The van der Waals surface area contributed by atoms with Crippen molar-refractivity contribution in [1.82, 2.24) is 20.1 Å². The van der Waals surface area contributed by atoms with Crippen LogP contribution in [0.25, 0.3) is 0 Å². The monoisotopic (exact) mass is 296 g/mol. The van der Waals surface area contributed by atoms with Crippen LogP contribution in [0.3, 0.4) is 0 Å². The zero-order chi connectivity index (χ0) is 13.3. The minimum atomic E-state index is 0.0228. The standard InChI is InChI=1S/C13H17ClN4S/c1-18-9-10(14)11(17-18)8-16-13(4-2-3-5-13)12-15-6-7-19-12/h6-7,9,16H,2-5,8H2,1H3. The van der Waals surface area contributed by atoms with Gasteiger partial charge >= 0.3 is 0 Å². The molecule has 0 aromatic carbocycles. The molecule has 0 spiro atoms. The van der Waals surface area contributed by atoms with Crippen LogP contribution in [0.4, 0.5) is 0 Å². The predicted octanol–water partition coefficient (Wildman–Crippen LogP) is 3.09. The molecule has 0 saturated heterocycles. The molecule has 102 valence electrons. The highest BCUT2D eigenvalue weighted by Gasteiger charge is 2.37. The van der Waals surface area contributed by atoms with Gasteiger partial charge in [-0.05, 0) is 12.8 Å². The zero-order valence-corrected chi connectivity index (χ0v) is 12.5. The number of halogens is 1. The molecule has 1 saturated carbocycles. The van der Waals surface area contributed by atoms with Gasteiger partial charge in [0.15, 0.2) is 0 Å². The SMILES string of the molecule is Cn1cc(Cl)c(CNC2(c3nccs3)CCCC2)n1. The van der Waals surface area contributed by atoms with E-state index in [1.807, 2.05) is 24.8 Å². The Kier molecular flexibility index (Phi) is 3.60. The van der Waals surface area contributed by atoms with E-state index in [0.29, 0.717) is 6.54 Å². The van der Waals surface area contributed by atoms with E-state index in [-0.39, 0.29) is 5.54 Å². The van der Waals surface area contributed by atoms with Crippen molar-refractivity contribution in [2.75, 3.05) is 0 Å². The third kappa shape index (κ3) is 2.55. The van der Waals surface area contributed by atoms with Crippen LogP contribution in [-0.4, -0.2) is 14.8 Å². The van der Waals surface area contributed by atoms with Crippen molar-refractivity contribution in [1.29, 1.82) is 0 Å². The van der Waals surface area contributed by atoms with Gasteiger partial charge in [0.1, 0.15) is 5.01 Å². The van der Waals surface area contributed by atoms with E-state index in [4.69, 9.17) is 11.6 Å². The summed E-state index contributed by atoms with van der Waals surface area (Å²) < 4.78 is 1.75. The zero-order valence-electron chi connectivity index (χ0n) is 10.9. The van der Waals surface area contributed by atoms with Crippen molar-refractivity contribution in [3.8, 4) is 0 Å². The van der Waals surface area contributed by atoms with Gasteiger partial charge in [0.05, 0.1) is 16.3 Å². The molecule has 1 aliphatic rings. The van der Waals surface area contributed by atoms with Crippen molar-refractivity contribution >= 4 is 22.9 Å². The molecule has 1 aliphatic carbocycles. The van der Waals surface area contributed by atoms with Crippen LogP contribution >= 0.6 is 22.9 Å². The molecule has 2 aromatic rings. The van der Waals surface area contributed by atoms with Crippen LogP contribution < -0.4 is 5.32 Å². The number of thiazole rings is 1. The number of aryl methyl sites for hydroxylation is 1. The fraction of sp³-hybridized carbons (Fsp3) is 0.538. The molecule has 0 bridgehead atoms. The lowest BCUT2D eigenvalue weighted by molar-refractivity contribution is 0.335. The first-order valence-electron chi connectivity index (χ1n) is 6.53.